The lowest BCUT2D eigenvalue weighted by Gasteiger charge is -2.08. The van der Waals surface area contributed by atoms with Crippen LogP contribution in [0, 0.1) is 0 Å². The summed E-state index contributed by atoms with van der Waals surface area (Å²) in [4.78, 5) is 8.70. The highest BCUT2D eigenvalue weighted by Gasteiger charge is 2.13. The van der Waals surface area contributed by atoms with Gasteiger partial charge in [-0.25, -0.2) is 4.98 Å². The second-order valence-electron chi connectivity index (χ2n) is 4.39. The van der Waals surface area contributed by atoms with Crippen molar-refractivity contribution in [3.05, 3.63) is 48.0 Å². The predicted octanol–water partition coefficient (Wildman–Crippen LogP) is 1.03. The number of para-hydroxylation sites is 2. The van der Waals surface area contributed by atoms with Gasteiger partial charge in [-0.3, -0.25) is 9.67 Å². The lowest BCUT2D eigenvalue weighted by atomic mass is 10.1. The van der Waals surface area contributed by atoms with E-state index in [4.69, 9.17) is 0 Å². The van der Waals surface area contributed by atoms with Gasteiger partial charge in [0.25, 0.3) is 0 Å². The maximum atomic E-state index is 10.2. The Balaban J connectivity index is 1.86. The van der Waals surface area contributed by atoms with E-state index in [2.05, 4.69) is 20.3 Å². The van der Waals surface area contributed by atoms with Crippen LogP contribution in [0.5, 0.6) is 0 Å². The van der Waals surface area contributed by atoms with E-state index in [9.17, 15) is 5.11 Å². The number of aliphatic hydroxyl groups is 1. The van der Waals surface area contributed by atoms with E-state index in [-0.39, 0.29) is 0 Å². The molecule has 2 heterocycles. The number of fused-ring (bicyclic) bond motifs is 1. The first-order chi connectivity index (χ1) is 9.22. The molecule has 0 bridgehead atoms. The lowest BCUT2D eigenvalue weighted by Crippen LogP contribution is -2.05. The first kappa shape index (κ1) is 11.7. The van der Waals surface area contributed by atoms with Gasteiger partial charge in [0, 0.05) is 19.7 Å². The standard InChI is InChI=1S/C13H13N5O/c1-18-8-9(16-17-18)6-13(19)12-7-14-10-4-2-3-5-11(10)15-12/h2-5,7-8,13,19H,6H2,1H3. The third-order valence-corrected chi connectivity index (χ3v) is 2.86. The number of nitrogens with zero attached hydrogens (tertiary/aromatic N) is 5. The molecule has 1 N–H and O–H groups in total. The van der Waals surface area contributed by atoms with Gasteiger partial charge in [-0.05, 0) is 12.1 Å². The molecule has 2 aromatic heterocycles. The Labute approximate surface area is 109 Å². The third-order valence-electron chi connectivity index (χ3n) is 2.86. The van der Waals surface area contributed by atoms with E-state index < -0.39 is 6.10 Å². The molecule has 96 valence electrons. The second kappa shape index (κ2) is 4.74. The Bertz CT molecular complexity index is 709. The minimum atomic E-state index is -0.728. The smallest absolute Gasteiger partial charge is 0.103 e. The van der Waals surface area contributed by atoms with Crippen molar-refractivity contribution in [1.29, 1.82) is 0 Å². The van der Waals surface area contributed by atoms with E-state index in [1.54, 1.807) is 24.1 Å². The van der Waals surface area contributed by atoms with Gasteiger partial charge < -0.3 is 5.11 Å². The van der Waals surface area contributed by atoms with Crippen LogP contribution in [-0.4, -0.2) is 30.1 Å². The lowest BCUT2D eigenvalue weighted by molar-refractivity contribution is 0.172. The van der Waals surface area contributed by atoms with Crippen LogP contribution in [0.4, 0.5) is 0 Å². The van der Waals surface area contributed by atoms with Crippen molar-refractivity contribution in [2.45, 2.75) is 12.5 Å². The van der Waals surface area contributed by atoms with Crippen molar-refractivity contribution >= 4 is 11.0 Å². The van der Waals surface area contributed by atoms with Gasteiger partial charge in [0.1, 0.15) is 6.10 Å². The van der Waals surface area contributed by atoms with Gasteiger partial charge >= 0.3 is 0 Å². The first-order valence-electron chi connectivity index (χ1n) is 5.97. The number of benzene rings is 1. The Morgan fingerprint density at radius 1 is 1.26 bits per heavy atom. The molecule has 6 heteroatoms. The van der Waals surface area contributed by atoms with Gasteiger partial charge in [-0.1, -0.05) is 17.3 Å². The van der Waals surface area contributed by atoms with Crippen molar-refractivity contribution in [2.24, 2.45) is 7.05 Å². The largest absolute Gasteiger partial charge is 0.386 e. The Morgan fingerprint density at radius 3 is 2.79 bits per heavy atom. The van der Waals surface area contributed by atoms with Crippen LogP contribution in [0.25, 0.3) is 11.0 Å². The van der Waals surface area contributed by atoms with Crippen LogP contribution in [0.2, 0.25) is 0 Å². The monoisotopic (exact) mass is 255 g/mol. The molecule has 1 atom stereocenters. The molecule has 1 unspecified atom stereocenters. The third kappa shape index (κ3) is 2.43. The molecule has 0 aliphatic carbocycles. The van der Waals surface area contributed by atoms with Crippen LogP contribution < -0.4 is 0 Å². The average molecular weight is 255 g/mol. The zero-order valence-corrected chi connectivity index (χ0v) is 10.4. The quantitative estimate of drug-likeness (QED) is 0.756. The van der Waals surface area contributed by atoms with Crippen LogP contribution in [-0.2, 0) is 13.5 Å². The van der Waals surface area contributed by atoms with Gasteiger partial charge in [-0.15, -0.1) is 5.10 Å². The molecule has 0 aliphatic heterocycles. The van der Waals surface area contributed by atoms with E-state index in [0.717, 1.165) is 16.7 Å². The van der Waals surface area contributed by atoms with Crippen molar-refractivity contribution in [3.63, 3.8) is 0 Å². The molecule has 0 saturated carbocycles. The summed E-state index contributed by atoms with van der Waals surface area (Å²) < 4.78 is 1.61. The van der Waals surface area contributed by atoms with Crippen molar-refractivity contribution in [2.75, 3.05) is 0 Å². The summed E-state index contributed by atoms with van der Waals surface area (Å²) in [6, 6.07) is 7.57. The molecule has 3 rings (SSSR count). The van der Waals surface area contributed by atoms with Gasteiger partial charge in [0.15, 0.2) is 0 Å². The van der Waals surface area contributed by atoms with E-state index in [1.807, 2.05) is 24.3 Å². The van der Waals surface area contributed by atoms with Crippen LogP contribution in [0.3, 0.4) is 0 Å². The maximum Gasteiger partial charge on any atom is 0.103 e. The van der Waals surface area contributed by atoms with Crippen molar-refractivity contribution in [1.82, 2.24) is 25.0 Å². The van der Waals surface area contributed by atoms with E-state index >= 15 is 0 Å². The number of aliphatic hydroxyl groups excluding tert-OH is 1. The van der Waals surface area contributed by atoms with Crippen molar-refractivity contribution in [3.8, 4) is 0 Å². The van der Waals surface area contributed by atoms with Crippen LogP contribution in [0.1, 0.15) is 17.5 Å². The fourth-order valence-corrected chi connectivity index (χ4v) is 1.92. The molecule has 19 heavy (non-hydrogen) atoms. The molecule has 0 spiro atoms. The van der Waals surface area contributed by atoms with Gasteiger partial charge in [0.2, 0.25) is 0 Å². The molecule has 0 amide bonds. The topological polar surface area (TPSA) is 76.7 Å². The molecular formula is C13H13N5O. The summed E-state index contributed by atoms with van der Waals surface area (Å²) in [5, 5.41) is 17.9. The van der Waals surface area contributed by atoms with Crippen LogP contribution >= 0.6 is 0 Å². The Morgan fingerprint density at radius 2 is 2.05 bits per heavy atom. The zero-order valence-electron chi connectivity index (χ0n) is 10.4. The normalized spacial score (nSPS) is 12.7. The molecule has 0 radical (unpaired) electrons. The number of aryl methyl sites for hydroxylation is 1. The first-order valence-corrected chi connectivity index (χ1v) is 5.97. The number of rotatable bonds is 3. The predicted molar refractivity (Wildman–Crippen MR) is 69.2 cm³/mol. The summed E-state index contributed by atoms with van der Waals surface area (Å²) in [7, 11) is 1.79. The van der Waals surface area contributed by atoms with Gasteiger partial charge in [-0.2, -0.15) is 0 Å². The molecular weight excluding hydrogens is 242 g/mol. The van der Waals surface area contributed by atoms with Gasteiger partial charge in [0.05, 0.1) is 28.6 Å². The number of hydrogen-bond donors (Lipinski definition) is 1. The number of hydrogen-bond acceptors (Lipinski definition) is 5. The fraction of sp³-hybridized carbons (Fsp3) is 0.231. The zero-order chi connectivity index (χ0) is 13.2. The Hall–Kier alpha value is -2.34. The second-order valence-corrected chi connectivity index (χ2v) is 4.39. The van der Waals surface area contributed by atoms with E-state index in [0.29, 0.717) is 12.1 Å². The number of aromatic nitrogens is 5. The van der Waals surface area contributed by atoms with Crippen molar-refractivity contribution < 1.29 is 5.11 Å². The molecule has 1 aromatic carbocycles. The Kier molecular flexibility index (Phi) is 2.92. The molecule has 0 saturated heterocycles. The molecule has 3 aromatic rings. The summed E-state index contributed by atoms with van der Waals surface area (Å²) in [5.41, 5.74) is 2.87. The highest BCUT2D eigenvalue weighted by atomic mass is 16.3. The van der Waals surface area contributed by atoms with Crippen LogP contribution in [0.15, 0.2) is 36.7 Å². The highest BCUT2D eigenvalue weighted by molar-refractivity contribution is 5.73. The summed E-state index contributed by atoms with van der Waals surface area (Å²) in [6.07, 6.45) is 3.02. The minimum absolute atomic E-state index is 0.376. The SMILES string of the molecule is Cn1cc(CC(O)c2cnc3ccccc3n2)nn1. The molecule has 0 fully saturated rings. The summed E-state index contributed by atoms with van der Waals surface area (Å²) in [5.74, 6) is 0. The van der Waals surface area contributed by atoms with E-state index in [1.165, 1.54) is 0 Å². The molecule has 0 aliphatic rings. The minimum Gasteiger partial charge on any atom is -0.386 e. The average Bonchev–Trinajstić information content (AvgIpc) is 2.83. The summed E-state index contributed by atoms with van der Waals surface area (Å²) >= 11 is 0. The fourth-order valence-electron chi connectivity index (χ4n) is 1.92. The highest BCUT2D eigenvalue weighted by Crippen LogP contribution is 2.17. The maximum absolute atomic E-state index is 10.2. The molecule has 6 nitrogen and oxygen atoms in total. The summed E-state index contributed by atoms with van der Waals surface area (Å²) in [6.45, 7) is 0.